The molecule has 0 bridgehead atoms. The van der Waals surface area contributed by atoms with Gasteiger partial charge in [-0.2, -0.15) is 0 Å². The molecule has 1 unspecified atom stereocenters. The molecule has 1 amide bonds. The van der Waals surface area contributed by atoms with Crippen molar-refractivity contribution in [3.63, 3.8) is 0 Å². The lowest BCUT2D eigenvalue weighted by atomic mass is 10.0. The van der Waals surface area contributed by atoms with Crippen LogP contribution >= 0.6 is 0 Å². The molecule has 1 atom stereocenters. The van der Waals surface area contributed by atoms with E-state index < -0.39 is 0 Å². The summed E-state index contributed by atoms with van der Waals surface area (Å²) in [7, 11) is 0. The maximum Gasteiger partial charge on any atom is 0.239 e. The van der Waals surface area contributed by atoms with Crippen molar-refractivity contribution in [2.45, 2.75) is 26.8 Å². The predicted octanol–water partition coefficient (Wildman–Crippen LogP) is 3.73. The van der Waals surface area contributed by atoms with Crippen LogP contribution in [0.1, 0.15) is 29.7 Å². The lowest BCUT2D eigenvalue weighted by molar-refractivity contribution is -0.120. The summed E-state index contributed by atoms with van der Waals surface area (Å²) in [6.45, 7) is 6.17. The summed E-state index contributed by atoms with van der Waals surface area (Å²) in [5.41, 5.74) is 4.10. The average Bonchev–Trinajstić information content (AvgIpc) is 2.48. The van der Waals surface area contributed by atoms with Gasteiger partial charge in [0.15, 0.2) is 0 Å². The van der Waals surface area contributed by atoms with Crippen molar-refractivity contribution in [2.24, 2.45) is 0 Å². The highest BCUT2D eigenvalue weighted by molar-refractivity contribution is 5.81. The Morgan fingerprint density at radius 2 is 1.91 bits per heavy atom. The van der Waals surface area contributed by atoms with Crippen LogP contribution in [0.15, 0.2) is 42.5 Å². The molecule has 2 aromatic rings. The maximum absolute atomic E-state index is 13.1. The fourth-order valence-electron chi connectivity index (χ4n) is 2.19. The van der Waals surface area contributed by atoms with Crippen molar-refractivity contribution >= 4 is 11.6 Å². The van der Waals surface area contributed by atoms with Crippen LogP contribution in [0.3, 0.4) is 0 Å². The third kappa shape index (κ3) is 4.32. The first kappa shape index (κ1) is 16.0. The second-order valence-corrected chi connectivity index (χ2v) is 5.50. The van der Waals surface area contributed by atoms with Gasteiger partial charge in [0.25, 0.3) is 0 Å². The number of halogens is 1. The van der Waals surface area contributed by atoms with Gasteiger partial charge < -0.3 is 10.6 Å². The van der Waals surface area contributed by atoms with E-state index in [0.717, 1.165) is 5.56 Å². The summed E-state index contributed by atoms with van der Waals surface area (Å²) in [5.74, 6) is -0.455. The molecule has 0 saturated heterocycles. The van der Waals surface area contributed by atoms with Crippen LogP contribution in [0, 0.1) is 19.7 Å². The Balaban J connectivity index is 1.89. The number of anilines is 1. The Bertz CT molecular complexity index is 670. The molecule has 2 aromatic carbocycles. The largest absolute Gasteiger partial charge is 0.376 e. The van der Waals surface area contributed by atoms with Gasteiger partial charge in [-0.3, -0.25) is 4.79 Å². The molecule has 0 aliphatic rings. The zero-order valence-electron chi connectivity index (χ0n) is 13.1. The van der Waals surface area contributed by atoms with Crippen LogP contribution in [-0.4, -0.2) is 12.5 Å². The molecule has 0 heterocycles. The molecule has 0 radical (unpaired) electrons. The molecule has 0 saturated carbocycles. The molecular formula is C18H21FN2O. The van der Waals surface area contributed by atoms with Gasteiger partial charge in [-0.15, -0.1) is 0 Å². The number of nitrogens with one attached hydrogen (secondary N) is 2. The first-order valence-electron chi connectivity index (χ1n) is 7.31. The summed E-state index contributed by atoms with van der Waals surface area (Å²) < 4.78 is 13.1. The number of hydrogen-bond donors (Lipinski definition) is 2. The van der Waals surface area contributed by atoms with Crippen LogP contribution < -0.4 is 10.6 Å². The minimum absolute atomic E-state index is 0.0684. The Kier molecular flexibility index (Phi) is 5.15. The molecule has 0 aromatic heterocycles. The van der Waals surface area contributed by atoms with E-state index in [2.05, 4.69) is 36.6 Å². The number of rotatable bonds is 5. The molecule has 4 heteroatoms. The minimum Gasteiger partial charge on any atom is -0.376 e. The second-order valence-electron chi connectivity index (χ2n) is 5.50. The second kappa shape index (κ2) is 7.07. The average molecular weight is 300 g/mol. The summed E-state index contributed by atoms with van der Waals surface area (Å²) >= 11 is 0. The lowest BCUT2D eigenvalue weighted by Crippen LogP contribution is -2.32. The smallest absolute Gasteiger partial charge is 0.239 e. The van der Waals surface area contributed by atoms with Crippen LogP contribution in [0.5, 0.6) is 0 Å². The fourth-order valence-corrected chi connectivity index (χ4v) is 2.19. The van der Waals surface area contributed by atoms with Crippen molar-refractivity contribution < 1.29 is 9.18 Å². The molecule has 0 fully saturated rings. The van der Waals surface area contributed by atoms with E-state index in [4.69, 9.17) is 0 Å². The highest BCUT2D eigenvalue weighted by Crippen LogP contribution is 2.16. The quantitative estimate of drug-likeness (QED) is 0.883. The molecule has 0 aliphatic heterocycles. The molecular weight excluding hydrogens is 279 g/mol. The minimum atomic E-state index is -0.325. The van der Waals surface area contributed by atoms with Crippen LogP contribution in [0.2, 0.25) is 0 Å². The fraction of sp³-hybridized carbons (Fsp3) is 0.278. The summed E-state index contributed by atoms with van der Waals surface area (Å²) in [5, 5.41) is 5.84. The van der Waals surface area contributed by atoms with Gasteiger partial charge in [-0.05, 0) is 55.7 Å². The summed E-state index contributed by atoms with van der Waals surface area (Å²) in [6.07, 6.45) is 0. The van der Waals surface area contributed by atoms with Crippen molar-refractivity contribution in [3.05, 3.63) is 65.0 Å². The Labute approximate surface area is 130 Å². The summed E-state index contributed by atoms with van der Waals surface area (Å²) in [6, 6.07) is 12.1. The molecule has 0 spiro atoms. The number of carbonyl (C=O) groups excluding carboxylic acids is 1. The van der Waals surface area contributed by atoms with E-state index in [0.29, 0.717) is 5.69 Å². The molecule has 3 nitrogen and oxygen atoms in total. The van der Waals surface area contributed by atoms with Crippen molar-refractivity contribution in [1.29, 1.82) is 0 Å². The zero-order chi connectivity index (χ0) is 16.1. The van der Waals surface area contributed by atoms with E-state index >= 15 is 0 Å². The molecule has 0 aliphatic carbocycles. The Morgan fingerprint density at radius 1 is 1.14 bits per heavy atom. The van der Waals surface area contributed by atoms with Gasteiger partial charge >= 0.3 is 0 Å². The maximum atomic E-state index is 13.1. The molecule has 2 N–H and O–H groups in total. The SMILES string of the molecule is Cc1ccc(C(C)NC(=O)CNc2cccc(F)c2)cc1C. The van der Waals surface area contributed by atoms with E-state index in [1.807, 2.05) is 13.0 Å². The number of aryl methyl sites for hydroxylation is 2. The van der Waals surface area contributed by atoms with Crippen LogP contribution in [0.4, 0.5) is 10.1 Å². The third-order valence-corrected chi connectivity index (χ3v) is 3.69. The van der Waals surface area contributed by atoms with Gasteiger partial charge in [-0.1, -0.05) is 24.3 Å². The van der Waals surface area contributed by atoms with E-state index in [9.17, 15) is 9.18 Å². The zero-order valence-corrected chi connectivity index (χ0v) is 13.1. The van der Waals surface area contributed by atoms with Crippen LogP contribution in [0.25, 0.3) is 0 Å². The van der Waals surface area contributed by atoms with Crippen molar-refractivity contribution in [3.8, 4) is 0 Å². The molecule has 22 heavy (non-hydrogen) atoms. The highest BCUT2D eigenvalue weighted by atomic mass is 19.1. The monoisotopic (exact) mass is 300 g/mol. The first-order chi connectivity index (χ1) is 10.5. The van der Waals surface area contributed by atoms with E-state index in [-0.39, 0.29) is 24.3 Å². The van der Waals surface area contributed by atoms with Crippen LogP contribution in [-0.2, 0) is 4.79 Å². The topological polar surface area (TPSA) is 41.1 Å². The van der Waals surface area contributed by atoms with Gasteiger partial charge in [0.2, 0.25) is 5.91 Å². The van der Waals surface area contributed by atoms with Crippen molar-refractivity contribution in [2.75, 3.05) is 11.9 Å². The Hall–Kier alpha value is -2.36. The lowest BCUT2D eigenvalue weighted by Gasteiger charge is -2.16. The van der Waals surface area contributed by atoms with Gasteiger partial charge in [0.1, 0.15) is 5.82 Å². The van der Waals surface area contributed by atoms with Gasteiger partial charge in [0.05, 0.1) is 12.6 Å². The number of benzene rings is 2. The normalized spacial score (nSPS) is 11.8. The number of hydrogen-bond acceptors (Lipinski definition) is 2. The Morgan fingerprint density at radius 3 is 2.59 bits per heavy atom. The number of amides is 1. The van der Waals surface area contributed by atoms with Gasteiger partial charge in [0, 0.05) is 5.69 Å². The van der Waals surface area contributed by atoms with E-state index in [1.54, 1.807) is 12.1 Å². The highest BCUT2D eigenvalue weighted by Gasteiger charge is 2.10. The predicted molar refractivity (Wildman–Crippen MR) is 87.4 cm³/mol. The standard InChI is InChI=1S/C18H21FN2O/c1-12-7-8-15(9-13(12)2)14(3)21-18(22)11-20-17-6-4-5-16(19)10-17/h4-10,14,20H,11H2,1-3H3,(H,21,22). The molecule has 2 rings (SSSR count). The first-order valence-corrected chi connectivity index (χ1v) is 7.31. The molecule has 116 valence electrons. The van der Waals surface area contributed by atoms with E-state index in [1.165, 1.54) is 23.3 Å². The van der Waals surface area contributed by atoms with Crippen molar-refractivity contribution in [1.82, 2.24) is 5.32 Å². The summed E-state index contributed by atoms with van der Waals surface area (Å²) in [4.78, 5) is 12.0. The third-order valence-electron chi connectivity index (χ3n) is 3.69. The van der Waals surface area contributed by atoms with Gasteiger partial charge in [-0.25, -0.2) is 4.39 Å². The number of carbonyl (C=O) groups is 1.